The van der Waals surface area contributed by atoms with Gasteiger partial charge in [0.2, 0.25) is 5.88 Å². The van der Waals surface area contributed by atoms with E-state index in [0.717, 1.165) is 36.2 Å². The minimum Gasteiger partial charge on any atom is -0.492 e. The first-order valence-corrected chi connectivity index (χ1v) is 11.7. The highest BCUT2D eigenvalue weighted by molar-refractivity contribution is 6.33. The van der Waals surface area contributed by atoms with E-state index in [1.54, 1.807) is 0 Å². The second-order valence-corrected chi connectivity index (χ2v) is 9.25. The van der Waals surface area contributed by atoms with Gasteiger partial charge in [-0.3, -0.25) is 4.98 Å². The van der Waals surface area contributed by atoms with Crippen molar-refractivity contribution in [1.82, 2.24) is 29.8 Å². The third-order valence-electron chi connectivity index (χ3n) is 5.89. The molecular weight excluding hydrogens is 452 g/mol. The van der Waals surface area contributed by atoms with Crippen LogP contribution in [0.3, 0.4) is 0 Å². The maximum atomic E-state index is 6.73. The molecule has 0 unspecified atom stereocenters. The first kappa shape index (κ1) is 22.6. The zero-order chi connectivity index (χ0) is 23.7. The first-order chi connectivity index (χ1) is 16.5. The van der Waals surface area contributed by atoms with E-state index in [0.29, 0.717) is 46.8 Å². The van der Waals surface area contributed by atoms with Gasteiger partial charge in [-0.1, -0.05) is 11.6 Å². The molecule has 0 spiro atoms. The number of rotatable bonds is 9. The largest absolute Gasteiger partial charge is 0.492 e. The van der Waals surface area contributed by atoms with Crippen molar-refractivity contribution in [3.05, 3.63) is 59.1 Å². The number of nitrogens with one attached hydrogen (secondary N) is 1. The minimum absolute atomic E-state index is 0.187. The number of likely N-dealkylation sites (N-methyl/N-ethyl adjacent to an activating group) is 1. The lowest BCUT2D eigenvalue weighted by Gasteiger charge is -2.12. The summed E-state index contributed by atoms with van der Waals surface area (Å²) in [6, 6.07) is 9.67. The standard InChI is InChI=1S/C25H27ClN6O2/c1-16-6-9-28-17(12-16)14-32-22(19-5-4-18(13-20(19)26)33-11-10-27-3)31-21-23(32)29-15-30-24(21)34-25(2)7-8-25/h4-6,9,12-13,15,27H,7-8,10-11,14H2,1-3H3. The lowest BCUT2D eigenvalue weighted by atomic mass is 10.2. The number of pyridine rings is 1. The molecule has 4 aromatic rings. The van der Waals surface area contributed by atoms with Crippen molar-refractivity contribution in [3.8, 4) is 23.0 Å². The smallest absolute Gasteiger partial charge is 0.245 e. The highest BCUT2D eigenvalue weighted by Crippen LogP contribution is 2.41. The van der Waals surface area contributed by atoms with Gasteiger partial charge >= 0.3 is 0 Å². The van der Waals surface area contributed by atoms with E-state index in [1.165, 1.54) is 6.33 Å². The lowest BCUT2D eigenvalue weighted by molar-refractivity contribution is 0.194. The SMILES string of the molecule is CNCCOc1ccc(-c2nc3c(OC4(C)CC4)ncnc3n2Cc2cc(C)ccn2)c(Cl)c1. The van der Waals surface area contributed by atoms with Crippen LogP contribution in [0.4, 0.5) is 0 Å². The molecule has 3 heterocycles. The van der Waals surface area contributed by atoms with Crippen molar-refractivity contribution in [2.45, 2.75) is 38.8 Å². The molecule has 34 heavy (non-hydrogen) atoms. The second kappa shape index (κ2) is 9.19. The van der Waals surface area contributed by atoms with E-state index in [1.807, 2.05) is 49.0 Å². The monoisotopic (exact) mass is 478 g/mol. The molecule has 0 aliphatic heterocycles. The third-order valence-corrected chi connectivity index (χ3v) is 6.20. The molecule has 1 N–H and O–H groups in total. The van der Waals surface area contributed by atoms with E-state index in [-0.39, 0.29) is 5.60 Å². The van der Waals surface area contributed by atoms with E-state index < -0.39 is 0 Å². The van der Waals surface area contributed by atoms with Crippen LogP contribution in [0, 0.1) is 6.92 Å². The normalized spacial score (nSPS) is 14.4. The number of nitrogens with zero attached hydrogens (tertiary/aromatic N) is 5. The second-order valence-electron chi connectivity index (χ2n) is 8.84. The Labute approximate surface area is 203 Å². The van der Waals surface area contributed by atoms with Gasteiger partial charge < -0.3 is 19.4 Å². The molecule has 1 aliphatic carbocycles. The molecule has 9 heteroatoms. The van der Waals surface area contributed by atoms with Gasteiger partial charge in [0.1, 0.15) is 30.1 Å². The number of benzene rings is 1. The molecule has 0 amide bonds. The summed E-state index contributed by atoms with van der Waals surface area (Å²) in [6.07, 6.45) is 5.33. The predicted molar refractivity (Wildman–Crippen MR) is 132 cm³/mol. The summed E-state index contributed by atoms with van der Waals surface area (Å²) in [6.45, 7) is 5.92. The Hall–Kier alpha value is -3.23. The number of hydrogen-bond donors (Lipinski definition) is 1. The molecule has 0 bridgehead atoms. The molecule has 1 aromatic carbocycles. The van der Waals surface area contributed by atoms with Gasteiger partial charge in [-0.15, -0.1) is 0 Å². The van der Waals surface area contributed by atoms with Crippen LogP contribution in [0.2, 0.25) is 5.02 Å². The Balaban J connectivity index is 1.60. The average Bonchev–Trinajstić information content (AvgIpc) is 3.43. The van der Waals surface area contributed by atoms with Crippen molar-refractivity contribution in [2.75, 3.05) is 20.2 Å². The average molecular weight is 479 g/mol. The highest BCUT2D eigenvalue weighted by Gasteiger charge is 2.41. The summed E-state index contributed by atoms with van der Waals surface area (Å²) in [7, 11) is 1.89. The van der Waals surface area contributed by atoms with Crippen LogP contribution < -0.4 is 14.8 Å². The summed E-state index contributed by atoms with van der Waals surface area (Å²) in [5.74, 6) is 1.87. The number of aromatic nitrogens is 5. The fourth-order valence-electron chi connectivity index (χ4n) is 3.74. The fourth-order valence-corrected chi connectivity index (χ4v) is 4.00. The van der Waals surface area contributed by atoms with Gasteiger partial charge in [0, 0.05) is 18.3 Å². The molecule has 1 fully saturated rings. The van der Waals surface area contributed by atoms with Gasteiger partial charge in [-0.05, 0) is 69.6 Å². The van der Waals surface area contributed by atoms with E-state index in [4.69, 9.17) is 26.1 Å². The molecule has 1 aliphatic rings. The molecule has 1 saturated carbocycles. The molecule has 176 valence electrons. The topological polar surface area (TPSA) is 87.0 Å². The van der Waals surface area contributed by atoms with Gasteiger partial charge in [0.25, 0.3) is 0 Å². The molecule has 3 aromatic heterocycles. The fraction of sp³-hybridized carbons (Fsp3) is 0.360. The van der Waals surface area contributed by atoms with Crippen molar-refractivity contribution in [1.29, 1.82) is 0 Å². The van der Waals surface area contributed by atoms with Crippen molar-refractivity contribution >= 4 is 22.8 Å². The summed E-state index contributed by atoms with van der Waals surface area (Å²) < 4.78 is 14.0. The van der Waals surface area contributed by atoms with Crippen LogP contribution in [0.1, 0.15) is 31.0 Å². The van der Waals surface area contributed by atoms with Crippen LogP contribution in [-0.2, 0) is 6.54 Å². The number of hydrogen-bond acceptors (Lipinski definition) is 7. The molecular formula is C25H27ClN6O2. The zero-order valence-corrected chi connectivity index (χ0v) is 20.3. The Kier molecular flexibility index (Phi) is 6.10. The summed E-state index contributed by atoms with van der Waals surface area (Å²) in [5, 5.41) is 3.60. The Morgan fingerprint density at radius 1 is 1.15 bits per heavy atom. The van der Waals surface area contributed by atoms with E-state index in [2.05, 4.69) is 33.3 Å². The molecule has 0 atom stereocenters. The summed E-state index contributed by atoms with van der Waals surface area (Å²) in [4.78, 5) is 18.4. The Morgan fingerprint density at radius 3 is 2.74 bits per heavy atom. The van der Waals surface area contributed by atoms with Crippen molar-refractivity contribution < 1.29 is 9.47 Å². The van der Waals surface area contributed by atoms with Gasteiger partial charge in [-0.25, -0.2) is 9.97 Å². The molecule has 0 radical (unpaired) electrons. The Bertz CT molecular complexity index is 1330. The van der Waals surface area contributed by atoms with Crippen LogP contribution in [0.5, 0.6) is 11.6 Å². The van der Waals surface area contributed by atoms with Gasteiger partial charge in [-0.2, -0.15) is 4.98 Å². The number of imidazole rings is 1. The highest BCUT2D eigenvalue weighted by atomic mass is 35.5. The minimum atomic E-state index is -0.187. The summed E-state index contributed by atoms with van der Waals surface area (Å²) >= 11 is 6.73. The first-order valence-electron chi connectivity index (χ1n) is 11.3. The number of halogens is 1. The predicted octanol–water partition coefficient (Wildman–Crippen LogP) is 4.43. The summed E-state index contributed by atoms with van der Waals surface area (Å²) in [5.41, 5.74) is 3.92. The van der Waals surface area contributed by atoms with E-state index in [9.17, 15) is 0 Å². The number of aryl methyl sites for hydroxylation is 1. The van der Waals surface area contributed by atoms with Crippen LogP contribution >= 0.6 is 11.6 Å². The molecule has 5 rings (SSSR count). The van der Waals surface area contributed by atoms with Crippen LogP contribution in [0.25, 0.3) is 22.6 Å². The number of fused-ring (bicyclic) bond motifs is 1. The van der Waals surface area contributed by atoms with Gasteiger partial charge in [0.05, 0.1) is 17.3 Å². The van der Waals surface area contributed by atoms with E-state index >= 15 is 0 Å². The van der Waals surface area contributed by atoms with Gasteiger partial charge in [0.15, 0.2) is 11.2 Å². The van der Waals surface area contributed by atoms with Crippen LogP contribution in [-0.4, -0.2) is 50.3 Å². The van der Waals surface area contributed by atoms with Crippen molar-refractivity contribution in [2.24, 2.45) is 0 Å². The molecule has 8 nitrogen and oxygen atoms in total. The quantitative estimate of drug-likeness (QED) is 0.356. The Morgan fingerprint density at radius 2 is 2.00 bits per heavy atom. The van der Waals surface area contributed by atoms with Crippen molar-refractivity contribution in [3.63, 3.8) is 0 Å². The third kappa shape index (κ3) is 4.69. The lowest BCUT2D eigenvalue weighted by Crippen LogP contribution is -2.15. The molecule has 0 saturated heterocycles. The maximum Gasteiger partial charge on any atom is 0.245 e. The maximum absolute atomic E-state index is 6.73. The van der Waals surface area contributed by atoms with Crippen LogP contribution in [0.15, 0.2) is 42.9 Å². The number of ether oxygens (including phenoxy) is 2. The zero-order valence-electron chi connectivity index (χ0n) is 19.5.